The molecule has 1 aliphatic carbocycles. The fourth-order valence-corrected chi connectivity index (χ4v) is 5.97. The molecular weight excluding hydrogens is 372 g/mol. The maximum Gasteiger partial charge on any atom is 0.246 e. The molecule has 1 saturated carbocycles. The molecule has 1 fully saturated rings. The van der Waals surface area contributed by atoms with Gasteiger partial charge in [-0.2, -0.15) is 0 Å². The number of anilines is 1. The van der Waals surface area contributed by atoms with Crippen LogP contribution >= 0.6 is 0 Å². The van der Waals surface area contributed by atoms with Gasteiger partial charge in [-0.1, -0.05) is 25.0 Å². The second kappa shape index (κ2) is 7.03. The number of aryl methyl sites for hydroxylation is 2. The highest BCUT2D eigenvalue weighted by Crippen LogP contribution is 2.42. The lowest BCUT2D eigenvalue weighted by molar-refractivity contribution is -0.118. The Kier molecular flexibility index (Phi) is 5.08. The lowest BCUT2D eigenvalue weighted by Gasteiger charge is -2.28. The van der Waals surface area contributed by atoms with Crippen molar-refractivity contribution in [3.63, 3.8) is 0 Å². The van der Waals surface area contributed by atoms with Crippen LogP contribution in [0.5, 0.6) is 0 Å². The molecule has 0 unspecified atom stereocenters. The van der Waals surface area contributed by atoms with E-state index >= 15 is 0 Å². The smallest absolute Gasteiger partial charge is 0.246 e. The van der Waals surface area contributed by atoms with Crippen molar-refractivity contribution in [1.29, 1.82) is 0 Å². The molecule has 0 bridgehead atoms. The van der Waals surface area contributed by atoms with Crippen LogP contribution in [0.25, 0.3) is 0 Å². The summed E-state index contributed by atoms with van der Waals surface area (Å²) in [7, 11) is -3.97. The number of rotatable bonds is 4. The third-order valence-electron chi connectivity index (χ3n) is 5.15. The molecule has 0 aromatic heterocycles. The summed E-state index contributed by atoms with van der Waals surface area (Å²) in [6.07, 6.45) is 1.60. The second-order valence-corrected chi connectivity index (χ2v) is 9.28. The fourth-order valence-electron chi connectivity index (χ4n) is 3.59. The first kappa shape index (κ1) is 19.5. The zero-order valence-electron chi connectivity index (χ0n) is 15.2. The molecule has 144 valence electrons. The Morgan fingerprint density at radius 2 is 1.67 bits per heavy atom. The first-order valence-electron chi connectivity index (χ1n) is 8.76. The summed E-state index contributed by atoms with van der Waals surface area (Å²) < 4.78 is 51.9. The van der Waals surface area contributed by atoms with Crippen LogP contribution in [0.4, 0.5) is 14.5 Å². The number of carbonyl (C=O) groups is 1. The summed E-state index contributed by atoms with van der Waals surface area (Å²) in [5, 5.41) is 2.48. The van der Waals surface area contributed by atoms with E-state index in [1.807, 2.05) is 6.07 Å². The second-order valence-electron chi connectivity index (χ2n) is 7.06. The van der Waals surface area contributed by atoms with Crippen molar-refractivity contribution in [1.82, 2.24) is 0 Å². The van der Waals surface area contributed by atoms with Gasteiger partial charge in [0.15, 0.2) is 26.2 Å². The zero-order valence-corrected chi connectivity index (χ0v) is 16.0. The number of hydrogen-bond acceptors (Lipinski definition) is 3. The van der Waals surface area contributed by atoms with Gasteiger partial charge < -0.3 is 5.32 Å². The molecule has 0 saturated heterocycles. The van der Waals surface area contributed by atoms with Crippen molar-refractivity contribution in [2.75, 3.05) is 5.32 Å². The van der Waals surface area contributed by atoms with Crippen LogP contribution in [-0.4, -0.2) is 19.1 Å². The molecule has 0 spiro atoms. The molecule has 7 heteroatoms. The van der Waals surface area contributed by atoms with Crippen LogP contribution in [0.2, 0.25) is 0 Å². The number of nitrogens with one attached hydrogen (secondary N) is 1. The highest BCUT2D eigenvalue weighted by Gasteiger charge is 2.53. The molecule has 0 heterocycles. The van der Waals surface area contributed by atoms with Crippen molar-refractivity contribution >= 4 is 21.4 Å². The fraction of sp³-hybridized carbons (Fsp3) is 0.350. The van der Waals surface area contributed by atoms with E-state index in [4.69, 9.17) is 0 Å². The molecule has 2 aromatic carbocycles. The predicted molar refractivity (Wildman–Crippen MR) is 99.3 cm³/mol. The molecule has 0 atom stereocenters. The van der Waals surface area contributed by atoms with Crippen molar-refractivity contribution in [2.45, 2.75) is 49.2 Å². The Labute approximate surface area is 157 Å². The first-order chi connectivity index (χ1) is 12.7. The van der Waals surface area contributed by atoms with Crippen LogP contribution < -0.4 is 5.32 Å². The van der Waals surface area contributed by atoms with Gasteiger partial charge in [-0.25, -0.2) is 17.2 Å². The van der Waals surface area contributed by atoms with E-state index in [2.05, 4.69) is 5.32 Å². The van der Waals surface area contributed by atoms with E-state index < -0.39 is 32.1 Å². The zero-order chi connectivity index (χ0) is 19.8. The Morgan fingerprint density at radius 1 is 1.00 bits per heavy atom. The Morgan fingerprint density at radius 3 is 2.30 bits per heavy atom. The van der Waals surface area contributed by atoms with Gasteiger partial charge in [0.25, 0.3) is 0 Å². The quantitative estimate of drug-likeness (QED) is 0.842. The summed E-state index contributed by atoms with van der Waals surface area (Å²) >= 11 is 0. The van der Waals surface area contributed by atoms with Crippen molar-refractivity contribution in [2.24, 2.45) is 0 Å². The molecule has 1 aliphatic rings. The molecular formula is C20H21F2NO3S. The minimum atomic E-state index is -3.97. The minimum Gasteiger partial charge on any atom is -0.325 e. The third-order valence-corrected chi connectivity index (χ3v) is 7.79. The number of halogens is 2. The van der Waals surface area contributed by atoms with Gasteiger partial charge in [0, 0.05) is 11.8 Å². The van der Waals surface area contributed by atoms with E-state index in [-0.39, 0.29) is 23.4 Å². The number of sulfone groups is 1. The number of benzene rings is 2. The van der Waals surface area contributed by atoms with Crippen molar-refractivity contribution in [3.05, 3.63) is 59.2 Å². The van der Waals surface area contributed by atoms with Gasteiger partial charge in [-0.05, 0) is 56.0 Å². The average Bonchev–Trinajstić information content (AvgIpc) is 3.12. The molecule has 3 rings (SSSR count). The molecule has 27 heavy (non-hydrogen) atoms. The highest BCUT2D eigenvalue weighted by molar-refractivity contribution is 7.93. The monoisotopic (exact) mass is 393 g/mol. The van der Waals surface area contributed by atoms with E-state index in [1.165, 1.54) is 6.07 Å². The number of amides is 1. The van der Waals surface area contributed by atoms with Gasteiger partial charge in [-0.15, -0.1) is 0 Å². The summed E-state index contributed by atoms with van der Waals surface area (Å²) in [6.45, 7) is 3.49. The summed E-state index contributed by atoms with van der Waals surface area (Å²) in [5.74, 6) is -2.84. The van der Waals surface area contributed by atoms with Gasteiger partial charge in [0.2, 0.25) is 5.91 Å². The van der Waals surface area contributed by atoms with Crippen LogP contribution in [0.3, 0.4) is 0 Å². The lowest BCUT2D eigenvalue weighted by atomic mass is 10.1. The average molecular weight is 393 g/mol. The van der Waals surface area contributed by atoms with E-state index in [1.54, 1.807) is 26.0 Å². The van der Waals surface area contributed by atoms with Crippen molar-refractivity contribution in [3.8, 4) is 0 Å². The lowest BCUT2D eigenvalue weighted by Crippen LogP contribution is -2.47. The number of carbonyl (C=O) groups excluding carboxylic acids is 1. The van der Waals surface area contributed by atoms with E-state index in [9.17, 15) is 22.0 Å². The number of hydrogen-bond donors (Lipinski definition) is 1. The molecule has 1 N–H and O–H groups in total. The van der Waals surface area contributed by atoms with Gasteiger partial charge in [0.05, 0.1) is 4.90 Å². The van der Waals surface area contributed by atoms with Crippen LogP contribution in [0.1, 0.15) is 36.8 Å². The summed E-state index contributed by atoms with van der Waals surface area (Å²) in [5.41, 5.74) is 1.39. The molecule has 2 aromatic rings. The topological polar surface area (TPSA) is 63.2 Å². The first-order valence-corrected chi connectivity index (χ1v) is 10.2. The van der Waals surface area contributed by atoms with Gasteiger partial charge in [-0.3, -0.25) is 4.79 Å². The molecule has 0 aliphatic heterocycles. The largest absolute Gasteiger partial charge is 0.325 e. The van der Waals surface area contributed by atoms with E-state index in [0.717, 1.165) is 17.7 Å². The molecule has 0 radical (unpaired) electrons. The third kappa shape index (κ3) is 3.36. The maximum atomic E-state index is 13.5. The Bertz CT molecular complexity index is 996. The summed E-state index contributed by atoms with van der Waals surface area (Å²) in [4.78, 5) is 13.2. The molecule has 4 nitrogen and oxygen atoms in total. The van der Waals surface area contributed by atoms with E-state index in [0.29, 0.717) is 18.4 Å². The van der Waals surface area contributed by atoms with Gasteiger partial charge >= 0.3 is 0 Å². The predicted octanol–water partition coefficient (Wildman–Crippen LogP) is 4.31. The minimum absolute atomic E-state index is 0.0290. The van der Waals surface area contributed by atoms with Crippen molar-refractivity contribution < 1.29 is 22.0 Å². The normalized spacial score (nSPS) is 16.3. The highest BCUT2D eigenvalue weighted by atomic mass is 32.2. The maximum absolute atomic E-state index is 13.5. The standard InChI is InChI=1S/C20H21F2NO3S/c1-13-5-6-14(2)18(11-13)27(25,26)20(9-3-4-10-20)19(24)23-15-7-8-16(21)17(22)12-15/h5-8,11-12H,3-4,9-10H2,1-2H3,(H,23,24). The SMILES string of the molecule is Cc1ccc(C)c(S(=O)(=O)C2(C(=O)Nc3ccc(F)c(F)c3)CCCC2)c1. The van der Waals surface area contributed by atoms with Gasteiger partial charge in [0.1, 0.15) is 0 Å². The Balaban J connectivity index is 2.03. The Hall–Kier alpha value is -2.28. The summed E-state index contributed by atoms with van der Waals surface area (Å²) in [6, 6.07) is 8.07. The van der Waals surface area contributed by atoms with Crippen LogP contribution in [-0.2, 0) is 14.6 Å². The molecule has 1 amide bonds. The van der Waals surface area contributed by atoms with Crippen LogP contribution in [0.15, 0.2) is 41.3 Å². The van der Waals surface area contributed by atoms with Crippen LogP contribution in [0, 0.1) is 25.5 Å².